The van der Waals surface area contributed by atoms with Gasteiger partial charge in [0.05, 0.1) is 13.2 Å². The maximum Gasteiger partial charge on any atom is 0.399 e. The van der Waals surface area contributed by atoms with Crippen LogP contribution in [0.5, 0.6) is 0 Å². The molecule has 0 radical (unpaired) electrons. The second-order valence-electron chi connectivity index (χ2n) is 4.34. The van der Waals surface area contributed by atoms with Gasteiger partial charge in [0.2, 0.25) is 0 Å². The van der Waals surface area contributed by atoms with Crippen LogP contribution in [0.15, 0.2) is 30.3 Å². The van der Waals surface area contributed by atoms with Gasteiger partial charge in [0.25, 0.3) is 0 Å². The van der Waals surface area contributed by atoms with Crippen LogP contribution in [-0.2, 0) is 20.0 Å². The third kappa shape index (κ3) is 4.65. The zero-order chi connectivity index (χ0) is 15.1. The molecule has 114 valence electrons. The monoisotopic (exact) mass is 306 g/mol. The van der Waals surface area contributed by atoms with Crippen LogP contribution < -0.4 is 0 Å². The van der Waals surface area contributed by atoms with Crippen LogP contribution in [0.1, 0.15) is 32.3 Å². The SMILES string of the molecule is CCOP(=O)(OCC)C(F)(F)CCCc1ccccc1. The molecule has 0 fully saturated rings. The number of hydrogen-bond acceptors (Lipinski definition) is 3. The highest BCUT2D eigenvalue weighted by atomic mass is 31.2. The van der Waals surface area contributed by atoms with E-state index in [1.807, 2.05) is 30.3 Å². The molecule has 0 unspecified atom stereocenters. The van der Waals surface area contributed by atoms with Crippen LogP contribution in [-0.4, -0.2) is 18.9 Å². The average Bonchev–Trinajstić information content (AvgIpc) is 2.40. The minimum atomic E-state index is -4.38. The number of aryl methyl sites for hydroxylation is 1. The van der Waals surface area contributed by atoms with E-state index in [9.17, 15) is 13.3 Å². The van der Waals surface area contributed by atoms with Crippen LogP contribution in [0, 0.1) is 0 Å². The second kappa shape index (κ2) is 7.87. The summed E-state index contributed by atoms with van der Waals surface area (Å²) in [6.07, 6.45) is 0.217. The van der Waals surface area contributed by atoms with Crippen LogP contribution in [0.2, 0.25) is 0 Å². The van der Waals surface area contributed by atoms with Crippen LogP contribution in [0.4, 0.5) is 8.78 Å². The maximum absolute atomic E-state index is 14.0. The number of hydrogen-bond donors (Lipinski definition) is 0. The number of rotatable bonds is 9. The van der Waals surface area contributed by atoms with Gasteiger partial charge >= 0.3 is 13.3 Å². The third-order valence-corrected chi connectivity index (χ3v) is 5.01. The summed E-state index contributed by atoms with van der Waals surface area (Å²) in [4.78, 5) is 0. The van der Waals surface area contributed by atoms with Gasteiger partial charge < -0.3 is 9.05 Å². The van der Waals surface area contributed by atoms with Crippen molar-refractivity contribution in [1.29, 1.82) is 0 Å². The highest BCUT2D eigenvalue weighted by Gasteiger charge is 2.52. The van der Waals surface area contributed by atoms with Crippen molar-refractivity contribution in [2.24, 2.45) is 0 Å². The van der Waals surface area contributed by atoms with E-state index >= 15 is 0 Å². The predicted molar refractivity (Wildman–Crippen MR) is 75.2 cm³/mol. The van der Waals surface area contributed by atoms with Crippen molar-refractivity contribution in [3.8, 4) is 0 Å². The molecule has 0 amide bonds. The summed E-state index contributed by atoms with van der Waals surface area (Å²) in [5.41, 5.74) is -2.47. The van der Waals surface area contributed by atoms with E-state index in [2.05, 4.69) is 0 Å². The zero-order valence-corrected chi connectivity index (χ0v) is 12.7. The predicted octanol–water partition coefficient (Wildman–Crippen LogP) is 4.87. The fourth-order valence-electron chi connectivity index (χ4n) is 1.85. The third-order valence-electron chi connectivity index (χ3n) is 2.78. The first-order chi connectivity index (χ1) is 9.45. The summed E-state index contributed by atoms with van der Waals surface area (Å²) in [7, 11) is -4.38. The van der Waals surface area contributed by atoms with Crippen molar-refractivity contribution in [3.05, 3.63) is 35.9 Å². The van der Waals surface area contributed by atoms with Gasteiger partial charge in [-0.2, -0.15) is 8.78 Å². The quantitative estimate of drug-likeness (QED) is 0.611. The van der Waals surface area contributed by atoms with Crippen LogP contribution in [0.3, 0.4) is 0 Å². The average molecular weight is 306 g/mol. The molecule has 1 aromatic rings. The Balaban J connectivity index is 2.60. The van der Waals surface area contributed by atoms with Gasteiger partial charge in [-0.05, 0) is 32.3 Å². The Morgan fingerprint density at radius 2 is 1.65 bits per heavy atom. The van der Waals surface area contributed by atoms with E-state index in [-0.39, 0.29) is 19.6 Å². The highest BCUT2D eigenvalue weighted by molar-refractivity contribution is 7.55. The van der Waals surface area contributed by atoms with Crippen LogP contribution >= 0.6 is 7.60 Å². The van der Waals surface area contributed by atoms with Gasteiger partial charge in [-0.3, -0.25) is 4.57 Å². The molecule has 3 nitrogen and oxygen atoms in total. The Bertz CT molecular complexity index is 427. The summed E-state index contributed by atoms with van der Waals surface area (Å²) in [5.74, 6) is 0. The molecule has 6 heteroatoms. The number of benzene rings is 1. The number of halogens is 2. The van der Waals surface area contributed by atoms with Gasteiger partial charge in [0.15, 0.2) is 0 Å². The Morgan fingerprint density at radius 3 is 2.15 bits per heavy atom. The van der Waals surface area contributed by atoms with Gasteiger partial charge in [0, 0.05) is 6.42 Å². The standard InChI is InChI=1S/C14H21F2O3P/c1-3-18-20(17,19-4-2)14(15,16)12-8-11-13-9-6-5-7-10-13/h5-7,9-10H,3-4,8,11-12H2,1-2H3. The second-order valence-corrected chi connectivity index (χ2v) is 6.50. The molecule has 0 aliphatic rings. The van der Waals surface area contributed by atoms with E-state index in [1.165, 1.54) is 13.8 Å². The molecule has 0 aliphatic heterocycles. The van der Waals surface area contributed by atoms with E-state index in [1.54, 1.807) is 0 Å². The van der Waals surface area contributed by atoms with E-state index in [0.29, 0.717) is 6.42 Å². The normalized spacial score (nSPS) is 12.6. The van der Waals surface area contributed by atoms with Crippen molar-refractivity contribution >= 4 is 7.60 Å². The lowest BCUT2D eigenvalue weighted by molar-refractivity contribution is 0.0301. The first-order valence-electron chi connectivity index (χ1n) is 6.76. The molecule has 0 saturated carbocycles. The van der Waals surface area contributed by atoms with Gasteiger partial charge in [0.1, 0.15) is 0 Å². The molecule has 20 heavy (non-hydrogen) atoms. The largest absolute Gasteiger partial charge is 0.399 e. The van der Waals surface area contributed by atoms with E-state index < -0.39 is 19.7 Å². The van der Waals surface area contributed by atoms with E-state index in [4.69, 9.17) is 9.05 Å². The summed E-state index contributed by atoms with van der Waals surface area (Å²) < 4.78 is 49.6. The summed E-state index contributed by atoms with van der Waals surface area (Å²) >= 11 is 0. The van der Waals surface area contributed by atoms with Gasteiger partial charge in [-0.1, -0.05) is 30.3 Å². The Labute approximate surface area is 118 Å². The van der Waals surface area contributed by atoms with Gasteiger partial charge in [-0.15, -0.1) is 0 Å². The molecule has 1 aromatic carbocycles. The fraction of sp³-hybridized carbons (Fsp3) is 0.571. The molecule has 0 bridgehead atoms. The Morgan fingerprint density at radius 1 is 1.10 bits per heavy atom. The maximum atomic E-state index is 14.0. The van der Waals surface area contributed by atoms with Crippen molar-refractivity contribution in [2.45, 2.75) is 38.8 Å². The Kier molecular flexibility index (Phi) is 6.80. The topological polar surface area (TPSA) is 35.5 Å². The molecule has 0 atom stereocenters. The lowest BCUT2D eigenvalue weighted by atomic mass is 10.1. The molecular weight excluding hydrogens is 285 g/mol. The Hall–Kier alpha value is -0.770. The highest BCUT2D eigenvalue weighted by Crippen LogP contribution is 2.63. The van der Waals surface area contributed by atoms with Gasteiger partial charge in [-0.25, -0.2) is 0 Å². The van der Waals surface area contributed by atoms with Crippen molar-refractivity contribution in [3.63, 3.8) is 0 Å². The zero-order valence-electron chi connectivity index (χ0n) is 11.9. The summed E-state index contributed by atoms with van der Waals surface area (Å²) in [6.45, 7) is 2.91. The molecule has 0 saturated heterocycles. The fourth-order valence-corrected chi connectivity index (χ4v) is 3.42. The van der Waals surface area contributed by atoms with Crippen molar-refractivity contribution < 1.29 is 22.4 Å². The van der Waals surface area contributed by atoms with Crippen molar-refractivity contribution in [1.82, 2.24) is 0 Å². The summed E-state index contributed by atoms with van der Waals surface area (Å²) in [5, 5.41) is 0. The molecule has 0 aromatic heterocycles. The van der Waals surface area contributed by atoms with E-state index in [0.717, 1.165) is 5.56 Å². The minimum Gasteiger partial charge on any atom is -0.305 e. The molecule has 0 spiro atoms. The number of alkyl halides is 2. The first-order valence-corrected chi connectivity index (χ1v) is 8.30. The van der Waals surface area contributed by atoms with Crippen molar-refractivity contribution in [2.75, 3.05) is 13.2 Å². The lowest BCUT2D eigenvalue weighted by Gasteiger charge is -2.25. The molecule has 0 N–H and O–H groups in total. The minimum absolute atomic E-state index is 0.0639. The molecule has 0 heterocycles. The first kappa shape index (κ1) is 17.3. The van der Waals surface area contributed by atoms with Crippen LogP contribution in [0.25, 0.3) is 0 Å². The molecular formula is C14H21F2O3P. The molecule has 0 aliphatic carbocycles. The summed E-state index contributed by atoms with van der Waals surface area (Å²) in [6, 6.07) is 9.35. The lowest BCUT2D eigenvalue weighted by Crippen LogP contribution is -2.20. The molecule has 1 rings (SSSR count). The smallest absolute Gasteiger partial charge is 0.305 e.